The SMILES string of the molecule is NC1=NC(CF)(c2cc(NC(=O)c3ccc(Cl)cn3)cc(F)c2F)CC(C(F)(F)F)O1. The second-order valence-corrected chi connectivity index (χ2v) is 7.04. The summed E-state index contributed by atoms with van der Waals surface area (Å²) in [6.45, 7) is -1.64. The van der Waals surface area contributed by atoms with Crippen molar-refractivity contribution < 1.29 is 35.9 Å². The second kappa shape index (κ2) is 8.25. The van der Waals surface area contributed by atoms with Crippen molar-refractivity contribution in [1.29, 1.82) is 0 Å². The van der Waals surface area contributed by atoms with Crippen LogP contribution in [0.15, 0.2) is 35.5 Å². The third kappa shape index (κ3) is 4.68. The zero-order chi connectivity index (χ0) is 23.0. The molecule has 1 aliphatic rings. The lowest BCUT2D eigenvalue weighted by atomic mass is 9.84. The minimum Gasteiger partial charge on any atom is -0.452 e. The predicted molar refractivity (Wildman–Crippen MR) is 98.4 cm³/mol. The van der Waals surface area contributed by atoms with Crippen LogP contribution < -0.4 is 11.1 Å². The molecular weight excluding hydrogens is 454 g/mol. The number of nitrogens with two attached hydrogens (primary N) is 1. The minimum atomic E-state index is -4.97. The van der Waals surface area contributed by atoms with Crippen LogP contribution in [0.3, 0.4) is 0 Å². The first-order chi connectivity index (χ1) is 14.4. The summed E-state index contributed by atoms with van der Waals surface area (Å²) in [4.78, 5) is 19.5. The van der Waals surface area contributed by atoms with E-state index in [9.17, 15) is 31.1 Å². The predicted octanol–water partition coefficient (Wildman–Crippen LogP) is 4.10. The Morgan fingerprint density at radius 1 is 1.32 bits per heavy atom. The fraction of sp³-hybridized carbons (Fsp3) is 0.278. The van der Waals surface area contributed by atoms with Gasteiger partial charge in [-0.3, -0.25) is 4.79 Å². The lowest BCUT2D eigenvalue weighted by Gasteiger charge is -2.36. The van der Waals surface area contributed by atoms with E-state index in [1.165, 1.54) is 18.3 Å². The number of aromatic nitrogens is 1. The molecule has 3 rings (SSSR count). The summed E-state index contributed by atoms with van der Waals surface area (Å²) in [5, 5.41) is 2.45. The van der Waals surface area contributed by atoms with Gasteiger partial charge in [0.1, 0.15) is 17.9 Å². The fourth-order valence-electron chi connectivity index (χ4n) is 2.99. The molecule has 31 heavy (non-hydrogen) atoms. The van der Waals surface area contributed by atoms with Crippen molar-refractivity contribution in [1.82, 2.24) is 4.98 Å². The Labute approximate surface area is 176 Å². The van der Waals surface area contributed by atoms with Crippen molar-refractivity contribution >= 4 is 29.2 Å². The van der Waals surface area contributed by atoms with Gasteiger partial charge in [0.2, 0.25) is 0 Å². The van der Waals surface area contributed by atoms with E-state index < -0.39 is 60.0 Å². The number of rotatable bonds is 4. The number of pyridine rings is 1. The molecule has 0 bridgehead atoms. The Bertz CT molecular complexity index is 1030. The highest BCUT2D eigenvalue weighted by molar-refractivity contribution is 6.30. The van der Waals surface area contributed by atoms with E-state index in [1.807, 2.05) is 0 Å². The number of amidine groups is 1. The number of ether oxygens (including phenoxy) is 1. The molecule has 2 aromatic rings. The largest absolute Gasteiger partial charge is 0.452 e. The van der Waals surface area contributed by atoms with E-state index in [0.29, 0.717) is 6.07 Å². The molecule has 0 spiro atoms. The number of anilines is 1. The van der Waals surface area contributed by atoms with E-state index in [2.05, 4.69) is 20.0 Å². The third-order valence-corrected chi connectivity index (χ3v) is 4.67. The van der Waals surface area contributed by atoms with Crippen LogP contribution in [0.4, 0.5) is 32.0 Å². The van der Waals surface area contributed by atoms with Gasteiger partial charge in [-0.2, -0.15) is 13.2 Å². The van der Waals surface area contributed by atoms with Gasteiger partial charge < -0.3 is 15.8 Å². The molecule has 0 radical (unpaired) electrons. The number of nitrogens with zero attached hydrogens (tertiary/aromatic N) is 2. The van der Waals surface area contributed by atoms with Crippen LogP contribution in [0.2, 0.25) is 5.02 Å². The molecular formula is C18H13ClF6N4O2. The number of carbonyl (C=O) groups is 1. The average molecular weight is 467 g/mol. The topological polar surface area (TPSA) is 89.6 Å². The van der Waals surface area contributed by atoms with Gasteiger partial charge >= 0.3 is 6.18 Å². The first-order valence-corrected chi connectivity index (χ1v) is 8.90. The second-order valence-electron chi connectivity index (χ2n) is 6.60. The van der Waals surface area contributed by atoms with E-state index in [4.69, 9.17) is 17.3 Å². The van der Waals surface area contributed by atoms with Gasteiger partial charge in [0.05, 0.1) is 5.02 Å². The van der Waals surface area contributed by atoms with Gasteiger partial charge in [0.25, 0.3) is 11.9 Å². The van der Waals surface area contributed by atoms with Gasteiger partial charge in [-0.25, -0.2) is 23.1 Å². The smallest absolute Gasteiger partial charge is 0.425 e. The molecule has 3 N–H and O–H groups in total. The molecule has 13 heteroatoms. The molecule has 1 aromatic heterocycles. The Balaban J connectivity index is 2.02. The lowest BCUT2D eigenvalue weighted by Crippen LogP contribution is -2.48. The number of hydrogen-bond donors (Lipinski definition) is 2. The number of benzene rings is 1. The van der Waals surface area contributed by atoms with Crippen LogP contribution in [-0.2, 0) is 10.3 Å². The molecule has 166 valence electrons. The van der Waals surface area contributed by atoms with E-state index in [1.54, 1.807) is 0 Å². The maximum Gasteiger partial charge on any atom is 0.425 e. The van der Waals surface area contributed by atoms with Crippen LogP contribution >= 0.6 is 11.6 Å². The number of nitrogens with one attached hydrogen (secondary N) is 1. The van der Waals surface area contributed by atoms with Gasteiger partial charge in [0, 0.05) is 29.9 Å². The summed E-state index contributed by atoms with van der Waals surface area (Å²) in [6, 6.07) is 2.92. The van der Waals surface area contributed by atoms with E-state index in [0.717, 1.165) is 6.07 Å². The highest BCUT2D eigenvalue weighted by Gasteiger charge is 2.52. The molecule has 2 heterocycles. The van der Waals surface area contributed by atoms with Gasteiger partial charge in [-0.15, -0.1) is 0 Å². The Hall–Kier alpha value is -3.02. The maximum atomic E-state index is 14.5. The van der Waals surface area contributed by atoms with Crippen molar-refractivity contribution in [2.45, 2.75) is 24.2 Å². The van der Waals surface area contributed by atoms with Crippen molar-refractivity contribution in [2.24, 2.45) is 10.7 Å². The van der Waals surface area contributed by atoms with Crippen molar-refractivity contribution in [3.05, 3.63) is 58.4 Å². The van der Waals surface area contributed by atoms with Crippen LogP contribution in [0, 0.1) is 11.6 Å². The third-order valence-electron chi connectivity index (χ3n) is 4.44. The Morgan fingerprint density at radius 3 is 2.61 bits per heavy atom. The molecule has 0 saturated heterocycles. The lowest BCUT2D eigenvalue weighted by molar-refractivity contribution is -0.209. The summed E-state index contributed by atoms with van der Waals surface area (Å²) in [7, 11) is 0. The molecule has 0 fully saturated rings. The van der Waals surface area contributed by atoms with Crippen molar-refractivity contribution in [3.8, 4) is 0 Å². The number of aliphatic imine (C=N–C) groups is 1. The maximum absolute atomic E-state index is 14.5. The normalized spacial score (nSPS) is 21.3. The average Bonchev–Trinajstić information content (AvgIpc) is 2.69. The highest BCUT2D eigenvalue weighted by atomic mass is 35.5. The fourth-order valence-corrected chi connectivity index (χ4v) is 3.10. The summed E-state index contributed by atoms with van der Waals surface area (Å²) in [6.07, 6.45) is -7.59. The quantitative estimate of drug-likeness (QED) is 0.664. The van der Waals surface area contributed by atoms with E-state index >= 15 is 0 Å². The molecule has 0 aliphatic carbocycles. The number of halogens is 7. The molecule has 1 aromatic carbocycles. The molecule has 6 nitrogen and oxygen atoms in total. The summed E-state index contributed by atoms with van der Waals surface area (Å²) >= 11 is 5.67. The number of hydrogen-bond acceptors (Lipinski definition) is 5. The van der Waals surface area contributed by atoms with Crippen LogP contribution in [0.25, 0.3) is 0 Å². The first-order valence-electron chi connectivity index (χ1n) is 8.52. The standard InChI is InChI=1S/C18H13ClF6N4O2/c19-8-1-2-12(27-6-8)15(30)28-9-3-10(14(22)11(21)4-9)17(7-20)5-13(18(23,24)25)31-16(26)29-17/h1-4,6,13H,5,7H2,(H2,26,29)(H,28,30). The zero-order valence-electron chi connectivity index (χ0n) is 15.3. The zero-order valence-corrected chi connectivity index (χ0v) is 16.1. The minimum absolute atomic E-state index is 0.138. The van der Waals surface area contributed by atoms with Crippen molar-refractivity contribution in [2.75, 3.05) is 12.0 Å². The summed E-state index contributed by atoms with van der Waals surface area (Å²) in [5.74, 6) is -4.04. The molecule has 2 atom stereocenters. The van der Waals surface area contributed by atoms with Gasteiger partial charge in [-0.05, 0) is 18.2 Å². The van der Waals surface area contributed by atoms with Crippen LogP contribution in [0.1, 0.15) is 22.5 Å². The summed E-state index contributed by atoms with van der Waals surface area (Å²) < 4.78 is 86.6. The molecule has 2 unspecified atom stereocenters. The van der Waals surface area contributed by atoms with Crippen LogP contribution in [-0.4, -0.2) is 35.9 Å². The molecule has 1 aliphatic heterocycles. The first kappa shape index (κ1) is 22.7. The number of amides is 1. The van der Waals surface area contributed by atoms with Crippen LogP contribution in [0.5, 0.6) is 0 Å². The highest BCUT2D eigenvalue weighted by Crippen LogP contribution is 2.42. The molecule has 1 amide bonds. The van der Waals surface area contributed by atoms with Crippen molar-refractivity contribution in [3.63, 3.8) is 0 Å². The van der Waals surface area contributed by atoms with Gasteiger partial charge in [0.15, 0.2) is 17.7 Å². The monoisotopic (exact) mass is 466 g/mol. The number of alkyl halides is 4. The Morgan fingerprint density at radius 2 is 2.03 bits per heavy atom. The molecule has 0 saturated carbocycles. The Kier molecular flexibility index (Phi) is 6.03. The number of carbonyl (C=O) groups excluding carboxylic acids is 1. The van der Waals surface area contributed by atoms with Gasteiger partial charge in [-0.1, -0.05) is 11.6 Å². The summed E-state index contributed by atoms with van der Waals surface area (Å²) in [5.41, 5.74) is 1.37. The van der Waals surface area contributed by atoms with E-state index in [-0.39, 0.29) is 16.4 Å².